The number of fused-ring (bicyclic) bond motifs is 4. The van der Waals surface area contributed by atoms with Gasteiger partial charge in [0.25, 0.3) is 0 Å². The third-order valence-corrected chi connectivity index (χ3v) is 7.19. The maximum atomic E-state index is 13.0. The van der Waals surface area contributed by atoms with Gasteiger partial charge in [-0.15, -0.1) is 8.57 Å². The molecule has 4 bridgehead atoms. The van der Waals surface area contributed by atoms with Gasteiger partial charge in [-0.05, 0) is 25.0 Å². The van der Waals surface area contributed by atoms with Crippen LogP contribution in [0.1, 0.15) is 13.8 Å². The Labute approximate surface area is 213 Å². The number of amides is 6. The average molecular weight is 543 g/mol. The maximum Gasteiger partial charge on any atom is 0.442 e. The normalized spacial score (nSPS) is 26.9. The third kappa shape index (κ3) is 4.99. The molecule has 0 aromatic carbocycles. The van der Waals surface area contributed by atoms with Crippen molar-refractivity contribution in [1.82, 2.24) is 30.6 Å². The van der Waals surface area contributed by atoms with Crippen LogP contribution in [0.2, 0.25) is 0 Å². The van der Waals surface area contributed by atoms with E-state index in [1.54, 1.807) is 26.0 Å². The molecule has 0 spiro atoms. The van der Waals surface area contributed by atoms with Crippen LogP contribution in [0.4, 0.5) is 9.59 Å². The van der Waals surface area contributed by atoms with E-state index in [4.69, 9.17) is 20.0 Å². The fourth-order valence-corrected chi connectivity index (χ4v) is 5.39. The second-order valence-corrected chi connectivity index (χ2v) is 10.1. The molecule has 4 aliphatic rings. The minimum Gasteiger partial charge on any atom is -0.353 e. The van der Waals surface area contributed by atoms with Crippen molar-refractivity contribution in [1.29, 1.82) is 0 Å². The molecule has 4 rings (SSSR count). The lowest BCUT2D eigenvalue weighted by Crippen LogP contribution is -2.49. The van der Waals surface area contributed by atoms with Gasteiger partial charge in [0, 0.05) is 26.2 Å². The van der Waals surface area contributed by atoms with Crippen LogP contribution < -0.4 is 22.1 Å². The molecule has 16 nitrogen and oxygen atoms in total. The first-order valence-electron chi connectivity index (χ1n) is 11.6. The molecular formula is C20H30N8O8S. The van der Waals surface area contributed by atoms with Gasteiger partial charge in [-0.25, -0.2) is 9.59 Å². The van der Waals surface area contributed by atoms with Crippen molar-refractivity contribution in [2.45, 2.75) is 38.0 Å². The zero-order valence-electron chi connectivity index (χ0n) is 20.3. The van der Waals surface area contributed by atoms with Crippen molar-refractivity contribution in [3.05, 3.63) is 23.3 Å². The Hall–Kier alpha value is -3.25. The van der Waals surface area contributed by atoms with Gasteiger partial charge in [0.2, 0.25) is 11.8 Å². The highest BCUT2D eigenvalue weighted by atomic mass is 32.3. The third-order valence-electron chi connectivity index (χ3n) is 6.51. The van der Waals surface area contributed by atoms with Crippen molar-refractivity contribution in [3.63, 3.8) is 0 Å². The summed E-state index contributed by atoms with van der Waals surface area (Å²) in [5, 5.41) is 6.41. The lowest BCUT2D eigenvalue weighted by Gasteiger charge is -2.27. The van der Waals surface area contributed by atoms with Gasteiger partial charge in [-0.3, -0.25) is 9.59 Å². The zero-order valence-corrected chi connectivity index (χ0v) is 21.1. The molecule has 204 valence electrons. The van der Waals surface area contributed by atoms with Gasteiger partial charge < -0.3 is 31.9 Å². The van der Waals surface area contributed by atoms with E-state index in [1.165, 1.54) is 0 Å². The predicted molar refractivity (Wildman–Crippen MR) is 126 cm³/mol. The Kier molecular flexibility index (Phi) is 7.43. The number of nitrogens with one attached hydrogen (secondary N) is 2. The molecule has 4 atom stereocenters. The largest absolute Gasteiger partial charge is 0.442 e. The number of hydrogen-bond acceptors (Lipinski definition) is 10. The van der Waals surface area contributed by atoms with E-state index >= 15 is 0 Å². The topological polar surface area (TPSA) is 210 Å². The smallest absolute Gasteiger partial charge is 0.353 e. The number of hydroxylamine groups is 4. The van der Waals surface area contributed by atoms with Gasteiger partial charge in [0.15, 0.2) is 0 Å². The molecular weight excluding hydrogens is 512 g/mol. The van der Waals surface area contributed by atoms with Crippen molar-refractivity contribution in [2.75, 3.05) is 39.3 Å². The number of hydrogen-bond donors (Lipinski definition) is 4. The summed E-state index contributed by atoms with van der Waals surface area (Å²) in [5.74, 6) is -0.928. The first-order valence-corrected chi connectivity index (χ1v) is 13.0. The summed E-state index contributed by atoms with van der Waals surface area (Å²) in [5.41, 5.74) is 11.9. The molecule has 0 saturated carbocycles. The van der Waals surface area contributed by atoms with E-state index < -0.39 is 58.4 Å². The van der Waals surface area contributed by atoms with E-state index in [1.807, 2.05) is 0 Å². The van der Waals surface area contributed by atoms with E-state index in [-0.39, 0.29) is 39.3 Å². The van der Waals surface area contributed by atoms with Crippen LogP contribution >= 0.6 is 0 Å². The number of carbonyl (C=O) groups excluding carboxylic acids is 4. The lowest BCUT2D eigenvalue weighted by atomic mass is 10.0. The molecule has 0 aromatic heterocycles. The van der Waals surface area contributed by atoms with Gasteiger partial charge in [0.05, 0.1) is 13.1 Å². The van der Waals surface area contributed by atoms with Crippen LogP contribution in [-0.2, 0) is 28.6 Å². The second kappa shape index (κ2) is 10.3. The average Bonchev–Trinajstić information content (AvgIpc) is 3.28. The molecule has 4 heterocycles. The maximum absolute atomic E-state index is 13.0. The van der Waals surface area contributed by atoms with Crippen molar-refractivity contribution >= 4 is 34.3 Å². The summed E-state index contributed by atoms with van der Waals surface area (Å²) in [7, 11) is -4.97. The first-order chi connectivity index (χ1) is 17.5. The summed E-state index contributed by atoms with van der Waals surface area (Å²) in [6.07, 6.45) is 3.08. The summed E-state index contributed by atoms with van der Waals surface area (Å²) < 4.78 is 35.7. The fourth-order valence-electron chi connectivity index (χ4n) is 4.63. The number of rotatable bonds is 10. The highest BCUT2D eigenvalue weighted by Crippen LogP contribution is 2.33. The molecule has 6 amide bonds. The van der Waals surface area contributed by atoms with Gasteiger partial charge in [-0.2, -0.15) is 18.5 Å². The molecule has 17 heteroatoms. The van der Waals surface area contributed by atoms with Crippen molar-refractivity contribution in [2.24, 2.45) is 11.5 Å². The first kappa shape index (κ1) is 26.8. The Bertz CT molecular complexity index is 1070. The van der Waals surface area contributed by atoms with E-state index in [0.717, 1.165) is 9.80 Å². The standard InChI is InChI=1S/C20H30N8O8S/c1-11-7-13(17(29)23-5-3-21)25-9-15(11)27(19(25)31)35-37(33,34)36-28-16-10-26(20(28)32)14(8-12(16)2)18(30)24-6-4-22/h7-8,13-16H,3-6,9-10,21-22H2,1-2H3,(H,23,29)(H,24,30). The SMILES string of the molecule is CC1=CC(C(=O)NCCN)N2CC1N(OS(=O)(=O)ON1C(=O)N3CC1C(C)=CC3C(=O)NCCN)C2=O. The monoisotopic (exact) mass is 542 g/mol. The van der Waals surface area contributed by atoms with Crippen LogP contribution in [-0.4, -0.2) is 116 Å². The van der Waals surface area contributed by atoms with Gasteiger partial charge >= 0.3 is 22.5 Å². The number of nitrogens with two attached hydrogens (primary N) is 2. The Morgan fingerprint density at radius 3 is 1.59 bits per heavy atom. The van der Waals surface area contributed by atoms with E-state index in [9.17, 15) is 27.6 Å². The molecule has 0 radical (unpaired) electrons. The van der Waals surface area contributed by atoms with Crippen molar-refractivity contribution in [3.8, 4) is 0 Å². The Balaban J connectivity index is 1.46. The predicted octanol–water partition coefficient (Wildman–Crippen LogP) is -2.89. The number of urea groups is 2. The molecule has 2 saturated heterocycles. The van der Waals surface area contributed by atoms with E-state index in [2.05, 4.69) is 10.6 Å². The molecule has 2 fully saturated rings. The molecule has 6 N–H and O–H groups in total. The van der Waals surface area contributed by atoms with E-state index in [0.29, 0.717) is 21.3 Å². The minimum atomic E-state index is -4.97. The summed E-state index contributed by atoms with van der Waals surface area (Å²) in [6, 6.07) is -5.23. The van der Waals surface area contributed by atoms with Crippen LogP contribution in [0.15, 0.2) is 23.3 Å². The lowest BCUT2D eigenvalue weighted by molar-refractivity contribution is -0.124. The van der Waals surface area contributed by atoms with Crippen molar-refractivity contribution < 1.29 is 36.2 Å². The molecule has 0 aliphatic carbocycles. The van der Waals surface area contributed by atoms with Gasteiger partial charge in [-0.1, -0.05) is 12.2 Å². The van der Waals surface area contributed by atoms with Crippen LogP contribution in [0.5, 0.6) is 0 Å². The summed E-state index contributed by atoms with van der Waals surface area (Å²) in [6.45, 7) is 4.14. The molecule has 0 aromatic rings. The van der Waals surface area contributed by atoms with Crippen LogP contribution in [0.3, 0.4) is 0 Å². The summed E-state index contributed by atoms with van der Waals surface area (Å²) in [4.78, 5) is 53.2. The molecule has 4 unspecified atom stereocenters. The molecule has 37 heavy (non-hydrogen) atoms. The number of carbonyl (C=O) groups is 4. The van der Waals surface area contributed by atoms with Gasteiger partial charge in [0.1, 0.15) is 24.2 Å². The molecule has 4 aliphatic heterocycles. The zero-order chi connectivity index (χ0) is 27.1. The Morgan fingerprint density at radius 1 is 0.865 bits per heavy atom. The second-order valence-electron chi connectivity index (χ2n) is 8.98. The van der Waals surface area contributed by atoms with Crippen LogP contribution in [0, 0.1) is 0 Å². The fraction of sp³-hybridized carbons (Fsp3) is 0.600. The highest BCUT2D eigenvalue weighted by molar-refractivity contribution is 7.81. The highest BCUT2D eigenvalue weighted by Gasteiger charge is 2.52. The number of nitrogens with zero attached hydrogens (tertiary/aromatic N) is 4. The van der Waals surface area contributed by atoms with Crippen LogP contribution in [0.25, 0.3) is 0 Å². The summed E-state index contributed by atoms with van der Waals surface area (Å²) >= 11 is 0. The minimum absolute atomic E-state index is 0.0118. The quantitative estimate of drug-likeness (QED) is 0.207. The Morgan fingerprint density at radius 2 is 1.24 bits per heavy atom.